The van der Waals surface area contributed by atoms with Gasteiger partial charge in [-0.25, -0.2) is 4.79 Å². The van der Waals surface area contributed by atoms with Crippen LogP contribution in [0.5, 0.6) is 5.75 Å². The van der Waals surface area contributed by atoms with E-state index in [2.05, 4.69) is 10.2 Å². The quantitative estimate of drug-likeness (QED) is 0.779. The van der Waals surface area contributed by atoms with E-state index in [4.69, 9.17) is 14.3 Å². The third-order valence-corrected chi connectivity index (χ3v) is 2.91. The predicted octanol–water partition coefficient (Wildman–Crippen LogP) is 2.87. The number of benzene rings is 2. The van der Waals surface area contributed by atoms with E-state index in [9.17, 15) is 4.79 Å². The van der Waals surface area contributed by atoms with Gasteiger partial charge < -0.3 is 14.3 Å². The monoisotopic (exact) mass is 296 g/mol. The van der Waals surface area contributed by atoms with Crippen LogP contribution in [0.2, 0.25) is 0 Å². The van der Waals surface area contributed by atoms with Crippen molar-refractivity contribution in [2.45, 2.75) is 0 Å². The molecule has 0 spiro atoms. The highest BCUT2D eigenvalue weighted by atomic mass is 16.5. The number of carboxylic acid groups (broad SMARTS) is 1. The first kappa shape index (κ1) is 13.8. The molecule has 0 bridgehead atoms. The maximum atomic E-state index is 10.4. The second kappa shape index (κ2) is 6.09. The van der Waals surface area contributed by atoms with Gasteiger partial charge in [-0.3, -0.25) is 0 Å². The minimum Gasteiger partial charge on any atom is -0.482 e. The summed E-state index contributed by atoms with van der Waals surface area (Å²) >= 11 is 0. The van der Waals surface area contributed by atoms with Crippen LogP contribution in [0.3, 0.4) is 0 Å². The van der Waals surface area contributed by atoms with E-state index in [0.717, 1.165) is 11.1 Å². The molecule has 0 aliphatic heterocycles. The lowest BCUT2D eigenvalue weighted by Crippen LogP contribution is -2.09. The van der Waals surface area contributed by atoms with Gasteiger partial charge in [-0.05, 0) is 36.4 Å². The lowest BCUT2D eigenvalue weighted by atomic mass is 10.2. The Kier molecular flexibility index (Phi) is 3.82. The molecule has 0 aliphatic rings. The zero-order chi connectivity index (χ0) is 15.4. The highest BCUT2D eigenvalue weighted by Crippen LogP contribution is 2.25. The summed E-state index contributed by atoms with van der Waals surface area (Å²) in [5.41, 5.74) is 1.58. The highest BCUT2D eigenvalue weighted by Gasteiger charge is 2.10. The molecule has 6 heteroatoms. The van der Waals surface area contributed by atoms with Crippen LogP contribution in [0.25, 0.3) is 22.9 Å². The largest absolute Gasteiger partial charge is 0.482 e. The first-order valence-corrected chi connectivity index (χ1v) is 6.56. The predicted molar refractivity (Wildman–Crippen MR) is 78.3 cm³/mol. The second-order valence-corrected chi connectivity index (χ2v) is 4.49. The second-order valence-electron chi connectivity index (χ2n) is 4.49. The Morgan fingerprint density at radius 1 is 0.955 bits per heavy atom. The minimum atomic E-state index is -1.02. The molecule has 3 rings (SSSR count). The van der Waals surface area contributed by atoms with Gasteiger partial charge in [0.15, 0.2) is 6.61 Å². The lowest BCUT2D eigenvalue weighted by molar-refractivity contribution is -0.139. The number of hydrogen-bond acceptors (Lipinski definition) is 5. The van der Waals surface area contributed by atoms with Gasteiger partial charge >= 0.3 is 5.97 Å². The molecule has 22 heavy (non-hydrogen) atoms. The van der Waals surface area contributed by atoms with Gasteiger partial charge in [0.05, 0.1) is 0 Å². The van der Waals surface area contributed by atoms with E-state index in [-0.39, 0.29) is 6.61 Å². The molecule has 0 fully saturated rings. The van der Waals surface area contributed by atoms with Gasteiger partial charge in [-0.15, -0.1) is 10.2 Å². The van der Waals surface area contributed by atoms with Crippen LogP contribution in [-0.2, 0) is 4.79 Å². The van der Waals surface area contributed by atoms with Crippen LogP contribution in [0, 0.1) is 0 Å². The smallest absolute Gasteiger partial charge is 0.341 e. The van der Waals surface area contributed by atoms with Crippen molar-refractivity contribution in [3.05, 3.63) is 54.6 Å². The maximum Gasteiger partial charge on any atom is 0.341 e. The van der Waals surface area contributed by atoms with Gasteiger partial charge in [0.2, 0.25) is 11.8 Å². The summed E-state index contributed by atoms with van der Waals surface area (Å²) in [6.45, 7) is -0.377. The molecular formula is C16H12N2O4. The molecule has 0 aliphatic carbocycles. The molecule has 0 saturated heterocycles. The minimum absolute atomic E-state index is 0.377. The van der Waals surface area contributed by atoms with Crippen molar-refractivity contribution in [3.8, 4) is 28.7 Å². The topological polar surface area (TPSA) is 85.5 Å². The Morgan fingerprint density at radius 2 is 1.55 bits per heavy atom. The highest BCUT2D eigenvalue weighted by molar-refractivity contribution is 5.68. The van der Waals surface area contributed by atoms with Crippen LogP contribution >= 0.6 is 0 Å². The maximum absolute atomic E-state index is 10.4. The third-order valence-electron chi connectivity index (χ3n) is 2.91. The van der Waals surface area contributed by atoms with E-state index in [1.165, 1.54) is 0 Å². The number of carboxylic acids is 1. The fourth-order valence-corrected chi connectivity index (χ4v) is 1.88. The number of ether oxygens (including phenoxy) is 1. The summed E-state index contributed by atoms with van der Waals surface area (Å²) in [6.07, 6.45) is 0. The number of aromatic nitrogens is 2. The molecule has 1 heterocycles. The molecule has 0 atom stereocenters. The van der Waals surface area contributed by atoms with Crippen molar-refractivity contribution >= 4 is 5.97 Å². The molecular weight excluding hydrogens is 284 g/mol. The summed E-state index contributed by atoms with van der Waals surface area (Å²) in [5.74, 6) is 0.285. The molecule has 0 saturated carbocycles. The normalized spacial score (nSPS) is 10.4. The Balaban J connectivity index is 1.77. The molecule has 1 N–H and O–H groups in total. The van der Waals surface area contributed by atoms with Crippen LogP contribution in [0.1, 0.15) is 0 Å². The average Bonchev–Trinajstić information content (AvgIpc) is 3.04. The fourth-order valence-electron chi connectivity index (χ4n) is 1.88. The van der Waals surface area contributed by atoms with E-state index >= 15 is 0 Å². The first-order valence-electron chi connectivity index (χ1n) is 6.56. The Bertz CT molecular complexity index is 766. The fraction of sp³-hybridized carbons (Fsp3) is 0.0625. The number of nitrogens with zero attached hydrogens (tertiary/aromatic N) is 2. The number of hydrogen-bond donors (Lipinski definition) is 1. The summed E-state index contributed by atoms with van der Waals surface area (Å²) < 4.78 is 10.7. The van der Waals surface area contributed by atoms with Crippen molar-refractivity contribution in [1.29, 1.82) is 0 Å². The van der Waals surface area contributed by atoms with E-state index in [0.29, 0.717) is 17.5 Å². The summed E-state index contributed by atoms with van der Waals surface area (Å²) in [4.78, 5) is 10.4. The Morgan fingerprint density at radius 3 is 2.14 bits per heavy atom. The summed E-state index contributed by atoms with van der Waals surface area (Å²) in [6, 6.07) is 16.3. The van der Waals surface area contributed by atoms with Crippen molar-refractivity contribution in [2.24, 2.45) is 0 Å². The van der Waals surface area contributed by atoms with Gasteiger partial charge in [-0.1, -0.05) is 18.2 Å². The first-order chi connectivity index (χ1) is 10.7. The van der Waals surface area contributed by atoms with Crippen LogP contribution < -0.4 is 4.74 Å². The molecule has 2 aromatic carbocycles. The Labute approximate surface area is 126 Å². The van der Waals surface area contributed by atoms with E-state index in [1.807, 2.05) is 30.3 Å². The van der Waals surface area contributed by atoms with Crippen molar-refractivity contribution in [3.63, 3.8) is 0 Å². The van der Waals surface area contributed by atoms with Crippen molar-refractivity contribution < 1.29 is 19.1 Å². The lowest BCUT2D eigenvalue weighted by Gasteiger charge is -2.02. The molecule has 0 amide bonds. The SMILES string of the molecule is O=C(O)COc1ccc(-c2nnc(-c3ccccc3)o2)cc1. The van der Waals surface area contributed by atoms with Gasteiger partial charge in [0, 0.05) is 11.1 Å². The van der Waals surface area contributed by atoms with E-state index in [1.54, 1.807) is 24.3 Å². The van der Waals surface area contributed by atoms with Crippen LogP contribution in [-0.4, -0.2) is 27.9 Å². The summed E-state index contributed by atoms with van der Waals surface area (Å²) in [5, 5.41) is 16.6. The van der Waals surface area contributed by atoms with Crippen molar-refractivity contribution in [1.82, 2.24) is 10.2 Å². The van der Waals surface area contributed by atoms with Crippen LogP contribution in [0.4, 0.5) is 0 Å². The molecule has 0 radical (unpaired) electrons. The molecule has 0 unspecified atom stereocenters. The number of rotatable bonds is 5. The third kappa shape index (κ3) is 3.12. The standard InChI is InChI=1S/C16H12N2O4/c19-14(20)10-21-13-8-6-12(7-9-13)16-18-17-15(22-16)11-4-2-1-3-5-11/h1-9H,10H2,(H,19,20). The summed E-state index contributed by atoms with van der Waals surface area (Å²) in [7, 11) is 0. The van der Waals surface area contributed by atoms with Gasteiger partial charge in [0.25, 0.3) is 0 Å². The van der Waals surface area contributed by atoms with Crippen molar-refractivity contribution in [2.75, 3.05) is 6.61 Å². The molecule has 3 aromatic rings. The molecule has 110 valence electrons. The zero-order valence-electron chi connectivity index (χ0n) is 11.5. The van der Waals surface area contributed by atoms with Gasteiger partial charge in [-0.2, -0.15) is 0 Å². The molecule has 6 nitrogen and oxygen atoms in total. The zero-order valence-corrected chi connectivity index (χ0v) is 11.5. The van der Waals surface area contributed by atoms with Gasteiger partial charge in [0.1, 0.15) is 5.75 Å². The van der Waals surface area contributed by atoms with E-state index < -0.39 is 5.97 Å². The molecule has 1 aromatic heterocycles. The van der Waals surface area contributed by atoms with Crippen LogP contribution in [0.15, 0.2) is 59.0 Å². The Hall–Kier alpha value is -3.15. The average molecular weight is 296 g/mol. The number of aliphatic carboxylic acids is 1. The number of carbonyl (C=O) groups is 1.